The zero-order valence-corrected chi connectivity index (χ0v) is 17.9. The van der Waals surface area contributed by atoms with Crippen LogP contribution in [-0.2, 0) is 4.74 Å². The first kappa shape index (κ1) is 21.2. The molecule has 0 spiro atoms. The summed E-state index contributed by atoms with van der Waals surface area (Å²) in [6.45, 7) is 2.07. The van der Waals surface area contributed by atoms with Crippen LogP contribution in [0.1, 0.15) is 18.9 Å². The highest BCUT2D eigenvalue weighted by molar-refractivity contribution is 6.02. The molecule has 8 heteroatoms. The zero-order chi connectivity index (χ0) is 22.7. The first-order valence-electron chi connectivity index (χ1n) is 10.2. The number of aromatic nitrogens is 1. The van der Waals surface area contributed by atoms with Crippen molar-refractivity contribution in [2.75, 3.05) is 23.5 Å². The average Bonchev–Trinajstić information content (AvgIpc) is 3.02. The number of nitrogens with zero attached hydrogens (tertiary/aromatic N) is 3. The monoisotopic (exact) mass is 432 g/mol. The van der Waals surface area contributed by atoms with Gasteiger partial charge in [-0.2, -0.15) is 0 Å². The largest absolute Gasteiger partial charge is 0.452 e. The van der Waals surface area contributed by atoms with Crippen LogP contribution in [0, 0.1) is 0 Å². The number of pyridine rings is 1. The Balaban J connectivity index is 1.78. The number of rotatable bonds is 2. The van der Waals surface area contributed by atoms with Gasteiger partial charge in [0.2, 0.25) is 5.88 Å². The molecule has 2 N–H and O–H groups in total. The maximum Gasteiger partial charge on any atom is 0.421 e. The molecule has 2 amide bonds. The van der Waals surface area contributed by atoms with E-state index in [1.54, 1.807) is 30.5 Å². The number of hydrogen-bond donors (Lipinski definition) is 1. The summed E-state index contributed by atoms with van der Waals surface area (Å²) in [7, 11) is 1.33. The van der Waals surface area contributed by atoms with Gasteiger partial charge in [0.25, 0.3) is 0 Å². The van der Waals surface area contributed by atoms with Gasteiger partial charge < -0.3 is 15.2 Å². The molecule has 1 aromatic heterocycles. The lowest BCUT2D eigenvalue weighted by molar-refractivity contribution is 0.175. The van der Waals surface area contributed by atoms with Crippen molar-refractivity contribution in [3.05, 3.63) is 78.2 Å². The Labute approximate surface area is 186 Å². The second kappa shape index (κ2) is 8.97. The van der Waals surface area contributed by atoms with Gasteiger partial charge in [-0.25, -0.2) is 14.6 Å². The van der Waals surface area contributed by atoms with E-state index < -0.39 is 12.2 Å². The lowest BCUT2D eigenvalue weighted by atomic mass is 9.99. The van der Waals surface area contributed by atoms with Crippen molar-refractivity contribution in [3.63, 3.8) is 0 Å². The standard InChI is InChI=1S/C24H24N4O4/c1-16-15-27(23(29)32-22-10-6-7-13-26-22)21-14-17(18-8-4-3-5-9-19(18)25)11-12-20(21)28(16)24(30)31-2/h3-8,10-14,16H,9,15,25H2,1-2H3. The fourth-order valence-electron chi connectivity index (χ4n) is 3.82. The van der Waals surface area contributed by atoms with Crippen molar-refractivity contribution in [3.8, 4) is 5.88 Å². The second-order valence-corrected chi connectivity index (χ2v) is 7.47. The number of carbonyl (C=O) groups is 2. The van der Waals surface area contributed by atoms with Crippen molar-refractivity contribution in [2.45, 2.75) is 19.4 Å². The molecule has 32 heavy (non-hydrogen) atoms. The van der Waals surface area contributed by atoms with Gasteiger partial charge in [-0.05, 0) is 30.7 Å². The van der Waals surface area contributed by atoms with E-state index in [-0.39, 0.29) is 18.5 Å². The molecule has 4 rings (SSSR count). The first-order valence-corrected chi connectivity index (χ1v) is 10.2. The summed E-state index contributed by atoms with van der Waals surface area (Å²) >= 11 is 0. The maximum atomic E-state index is 13.1. The normalized spacial score (nSPS) is 17.6. The van der Waals surface area contributed by atoms with Crippen LogP contribution in [0.2, 0.25) is 0 Å². The number of carbonyl (C=O) groups excluding carboxylic acids is 2. The summed E-state index contributed by atoms with van der Waals surface area (Å²) in [5.74, 6) is 0.197. The minimum absolute atomic E-state index is 0.197. The Morgan fingerprint density at radius 2 is 1.97 bits per heavy atom. The third kappa shape index (κ3) is 4.07. The predicted molar refractivity (Wildman–Crippen MR) is 122 cm³/mol. The Bertz CT molecular complexity index is 1120. The topological polar surface area (TPSA) is 98.0 Å². The van der Waals surface area contributed by atoms with Gasteiger partial charge >= 0.3 is 12.2 Å². The van der Waals surface area contributed by atoms with Gasteiger partial charge in [0.05, 0.1) is 31.1 Å². The van der Waals surface area contributed by atoms with E-state index in [1.807, 2.05) is 43.4 Å². The van der Waals surface area contributed by atoms with E-state index >= 15 is 0 Å². The molecule has 1 aliphatic carbocycles. The molecule has 1 aliphatic heterocycles. The van der Waals surface area contributed by atoms with Crippen LogP contribution in [0.15, 0.2) is 72.6 Å². The molecule has 2 heterocycles. The summed E-state index contributed by atoms with van der Waals surface area (Å²) < 4.78 is 10.5. The van der Waals surface area contributed by atoms with Crippen LogP contribution in [0.5, 0.6) is 5.88 Å². The molecule has 1 atom stereocenters. The number of benzene rings is 1. The number of ether oxygens (including phenoxy) is 2. The van der Waals surface area contributed by atoms with Crippen LogP contribution in [0.4, 0.5) is 21.0 Å². The summed E-state index contributed by atoms with van der Waals surface area (Å²) in [6, 6.07) is 10.3. The van der Waals surface area contributed by atoms with E-state index in [1.165, 1.54) is 16.9 Å². The molecule has 0 radical (unpaired) electrons. The summed E-state index contributed by atoms with van der Waals surface area (Å²) in [6.07, 6.45) is 8.86. The molecular weight excluding hydrogens is 408 g/mol. The van der Waals surface area contributed by atoms with Gasteiger partial charge in [0, 0.05) is 30.0 Å². The smallest absolute Gasteiger partial charge is 0.421 e. The minimum Gasteiger partial charge on any atom is -0.452 e. The molecule has 1 unspecified atom stereocenters. The van der Waals surface area contributed by atoms with Crippen molar-refractivity contribution >= 4 is 29.1 Å². The van der Waals surface area contributed by atoms with Crippen molar-refractivity contribution in [1.29, 1.82) is 0 Å². The Morgan fingerprint density at radius 1 is 1.12 bits per heavy atom. The number of anilines is 2. The molecule has 0 bridgehead atoms. The minimum atomic E-state index is -0.585. The molecule has 1 aromatic carbocycles. The van der Waals surface area contributed by atoms with Gasteiger partial charge in [0.15, 0.2) is 0 Å². The van der Waals surface area contributed by atoms with Crippen LogP contribution in [-0.4, -0.2) is 36.9 Å². The SMILES string of the molecule is COC(=O)N1c2ccc(C3=C(N)CC=CC=C3)cc2N(C(=O)Oc2ccccn2)CC1C. The number of hydrogen-bond acceptors (Lipinski definition) is 6. The Kier molecular flexibility index (Phi) is 5.93. The highest BCUT2D eigenvalue weighted by atomic mass is 16.6. The fourth-order valence-corrected chi connectivity index (χ4v) is 3.82. The van der Waals surface area contributed by atoms with E-state index in [0.717, 1.165) is 11.1 Å². The van der Waals surface area contributed by atoms with E-state index in [9.17, 15) is 9.59 Å². The number of fused-ring (bicyclic) bond motifs is 1. The van der Waals surface area contributed by atoms with Crippen LogP contribution >= 0.6 is 0 Å². The molecule has 164 valence electrons. The molecule has 2 aliphatic rings. The summed E-state index contributed by atoms with van der Waals surface area (Å²) in [4.78, 5) is 32.7. The quantitative estimate of drug-likeness (QED) is 0.762. The molecular formula is C24H24N4O4. The zero-order valence-electron chi connectivity index (χ0n) is 17.9. The van der Waals surface area contributed by atoms with Crippen LogP contribution < -0.4 is 20.3 Å². The van der Waals surface area contributed by atoms with Crippen LogP contribution in [0.3, 0.4) is 0 Å². The lowest BCUT2D eigenvalue weighted by Crippen LogP contribution is -2.52. The number of amides is 2. The van der Waals surface area contributed by atoms with Crippen LogP contribution in [0.25, 0.3) is 5.57 Å². The number of allylic oxidation sites excluding steroid dienone is 5. The number of methoxy groups -OCH3 is 1. The summed E-state index contributed by atoms with van der Waals surface area (Å²) in [5.41, 5.74) is 9.76. The Hall–Kier alpha value is -4.07. The first-order chi connectivity index (χ1) is 15.5. The highest BCUT2D eigenvalue weighted by Crippen LogP contribution is 2.39. The van der Waals surface area contributed by atoms with E-state index in [4.69, 9.17) is 15.2 Å². The molecule has 2 aromatic rings. The molecule has 0 fully saturated rings. The maximum absolute atomic E-state index is 13.1. The van der Waals surface area contributed by atoms with E-state index in [0.29, 0.717) is 23.5 Å². The molecule has 8 nitrogen and oxygen atoms in total. The second-order valence-electron chi connectivity index (χ2n) is 7.47. The summed E-state index contributed by atoms with van der Waals surface area (Å²) in [5, 5.41) is 0. The molecule has 0 saturated heterocycles. The highest BCUT2D eigenvalue weighted by Gasteiger charge is 2.36. The van der Waals surface area contributed by atoms with Crippen molar-refractivity contribution in [1.82, 2.24) is 4.98 Å². The lowest BCUT2D eigenvalue weighted by Gasteiger charge is -2.39. The molecule has 0 saturated carbocycles. The van der Waals surface area contributed by atoms with Gasteiger partial charge in [-0.1, -0.05) is 36.4 Å². The average molecular weight is 432 g/mol. The van der Waals surface area contributed by atoms with Crippen molar-refractivity contribution in [2.24, 2.45) is 5.73 Å². The third-order valence-corrected chi connectivity index (χ3v) is 5.34. The van der Waals surface area contributed by atoms with Crippen molar-refractivity contribution < 1.29 is 19.1 Å². The van der Waals surface area contributed by atoms with Gasteiger partial charge in [-0.3, -0.25) is 9.80 Å². The predicted octanol–water partition coefficient (Wildman–Crippen LogP) is 4.25. The van der Waals surface area contributed by atoms with Gasteiger partial charge in [-0.15, -0.1) is 0 Å². The third-order valence-electron chi connectivity index (χ3n) is 5.34. The van der Waals surface area contributed by atoms with E-state index in [2.05, 4.69) is 4.98 Å². The fraction of sp³-hybridized carbons (Fsp3) is 0.208. The Morgan fingerprint density at radius 3 is 2.72 bits per heavy atom. The van der Waals surface area contributed by atoms with Gasteiger partial charge in [0.1, 0.15) is 0 Å². The number of nitrogens with two attached hydrogens (primary N) is 1.